The molecule has 1 amide bonds. The van der Waals surface area contributed by atoms with E-state index in [0.29, 0.717) is 12.5 Å². The summed E-state index contributed by atoms with van der Waals surface area (Å²) in [6.07, 6.45) is 24.3. The molecule has 0 saturated carbocycles. The van der Waals surface area contributed by atoms with Crippen LogP contribution in [0.15, 0.2) is 117 Å². The van der Waals surface area contributed by atoms with Gasteiger partial charge in [-0.25, -0.2) is 0 Å². The second kappa shape index (κ2) is 24.6. The molecule has 0 bridgehead atoms. The van der Waals surface area contributed by atoms with Crippen molar-refractivity contribution in [2.45, 2.75) is 93.5 Å². The molecular weight excluding hydrogens is 638 g/mol. The highest BCUT2D eigenvalue weighted by Gasteiger charge is 2.16. The highest BCUT2D eigenvalue weighted by Crippen LogP contribution is 2.32. The number of hydrogen-bond donors (Lipinski definition) is 2. The largest absolute Gasteiger partial charge is 0.489 e. The van der Waals surface area contributed by atoms with Gasteiger partial charge in [-0.15, -0.1) is 23.4 Å². The van der Waals surface area contributed by atoms with Crippen molar-refractivity contribution >= 4 is 35.2 Å². The van der Waals surface area contributed by atoms with Crippen LogP contribution in [0.5, 0.6) is 5.75 Å². The molecular formula is C41H56ClNO4S. The maximum atomic E-state index is 11.9. The van der Waals surface area contributed by atoms with Crippen molar-refractivity contribution in [1.29, 1.82) is 0 Å². The van der Waals surface area contributed by atoms with Gasteiger partial charge < -0.3 is 15.2 Å². The lowest BCUT2D eigenvalue weighted by atomic mass is 9.92. The average Bonchev–Trinajstić information content (AvgIpc) is 3.45. The van der Waals surface area contributed by atoms with E-state index in [1.54, 1.807) is 0 Å². The molecule has 1 aromatic rings. The highest BCUT2D eigenvalue weighted by atomic mass is 35.5. The number of benzene rings is 1. The molecule has 0 heterocycles. The molecule has 1 unspecified atom stereocenters. The summed E-state index contributed by atoms with van der Waals surface area (Å²) in [5.41, 5.74) is 8.91. The molecule has 262 valence electrons. The van der Waals surface area contributed by atoms with Crippen molar-refractivity contribution < 1.29 is 19.4 Å². The van der Waals surface area contributed by atoms with Crippen molar-refractivity contribution in [2.75, 3.05) is 18.2 Å². The van der Waals surface area contributed by atoms with Crippen LogP contribution in [0, 0.1) is 0 Å². The van der Waals surface area contributed by atoms with Gasteiger partial charge >= 0.3 is 5.97 Å². The van der Waals surface area contributed by atoms with Gasteiger partial charge in [0.25, 0.3) is 0 Å². The number of carbonyl (C=O) groups excluding carboxylic acids is 1. The lowest BCUT2D eigenvalue weighted by Crippen LogP contribution is -2.39. The summed E-state index contributed by atoms with van der Waals surface area (Å²) >= 11 is 7.32. The van der Waals surface area contributed by atoms with Gasteiger partial charge in [0.15, 0.2) is 0 Å². The third kappa shape index (κ3) is 16.1. The van der Waals surface area contributed by atoms with E-state index in [9.17, 15) is 9.59 Å². The maximum Gasteiger partial charge on any atom is 0.325 e. The molecule has 1 aromatic carbocycles. The summed E-state index contributed by atoms with van der Waals surface area (Å²) in [5, 5.41) is 11.3. The Morgan fingerprint density at radius 2 is 1.62 bits per heavy atom. The van der Waals surface area contributed by atoms with Crippen LogP contribution >= 0.6 is 23.4 Å². The van der Waals surface area contributed by atoms with Crippen LogP contribution in [0.25, 0.3) is 0 Å². The summed E-state index contributed by atoms with van der Waals surface area (Å²) in [6, 6.07) is 7.46. The molecule has 0 spiro atoms. The summed E-state index contributed by atoms with van der Waals surface area (Å²) in [5.74, 6) is 0.414. The number of aryl methyl sites for hydroxylation is 1. The zero-order valence-electron chi connectivity index (χ0n) is 30.2. The number of alkyl halides is 1. The Kier molecular flexibility index (Phi) is 21.8. The molecule has 5 nitrogen and oxygen atoms in total. The van der Waals surface area contributed by atoms with Gasteiger partial charge in [0, 0.05) is 10.8 Å². The molecule has 0 fully saturated rings. The van der Waals surface area contributed by atoms with Crippen LogP contribution in [-0.2, 0) is 16.0 Å². The fraction of sp³-hybridized carbons (Fsp3) is 0.415. The molecule has 4 rings (SSSR count). The van der Waals surface area contributed by atoms with E-state index in [1.165, 1.54) is 52.1 Å². The Hall–Kier alpha value is -3.48. The van der Waals surface area contributed by atoms with Gasteiger partial charge in [-0.2, -0.15) is 0 Å². The predicted molar refractivity (Wildman–Crippen MR) is 208 cm³/mol. The minimum Gasteiger partial charge on any atom is -0.489 e. The standard InChI is InChI=1S/C20H24ClNO3S.C17H20O.2C2H6/c1-13-3-6-16(17-7-4-15(11-21)5-8-17)9-10-18(13)26-12-19(23)22-14(2)20(24)25;1-3-15-9-11-17(12-10-15)18-13-16-6-4-5-14(2)7-8-16;2*1-2/h3-4,7,9-10,14H,5-6,8,11-12H2,1-2H3,(H,22,23)(H,24,25);5-12H,3-4,13H2,1-2H3;2*1-2H3. The Morgan fingerprint density at radius 3 is 2.23 bits per heavy atom. The van der Waals surface area contributed by atoms with Gasteiger partial charge in [0.1, 0.15) is 18.4 Å². The molecule has 48 heavy (non-hydrogen) atoms. The second-order valence-electron chi connectivity index (χ2n) is 11.0. The third-order valence-electron chi connectivity index (χ3n) is 7.50. The summed E-state index contributed by atoms with van der Waals surface area (Å²) in [7, 11) is 0. The minimum absolute atomic E-state index is 0.197. The first-order chi connectivity index (χ1) is 23.2. The lowest BCUT2D eigenvalue weighted by Gasteiger charge is -2.15. The van der Waals surface area contributed by atoms with Crippen molar-refractivity contribution in [2.24, 2.45) is 0 Å². The normalized spacial score (nSPS) is 15.8. The average molecular weight is 694 g/mol. The molecule has 1 atom stereocenters. The number of hydrogen-bond acceptors (Lipinski definition) is 4. The number of thioether (sulfide) groups is 1. The van der Waals surface area contributed by atoms with Crippen LogP contribution < -0.4 is 10.1 Å². The van der Waals surface area contributed by atoms with Crippen molar-refractivity contribution in [3.05, 3.63) is 123 Å². The Labute approximate surface area is 299 Å². The number of halogens is 1. The first kappa shape index (κ1) is 42.5. The predicted octanol–water partition coefficient (Wildman–Crippen LogP) is 10.9. The van der Waals surface area contributed by atoms with E-state index in [4.69, 9.17) is 21.4 Å². The number of carboxylic acid groups (broad SMARTS) is 1. The van der Waals surface area contributed by atoms with E-state index in [0.717, 1.165) is 48.3 Å². The molecule has 0 radical (unpaired) electrons. The fourth-order valence-corrected chi connectivity index (χ4v) is 5.62. The molecule has 0 saturated heterocycles. The SMILES string of the molecule is CC.CC.CC1=CCC(C2=CC=C(CCl)CC2)=CC=C1SCC(=O)NC(C)C(=O)O.CCc1ccc(OCC2=CCC=C(C)C=C2)cc1. The van der Waals surface area contributed by atoms with Crippen LogP contribution in [0.3, 0.4) is 0 Å². The Balaban J connectivity index is 0.000000457. The molecule has 7 heteroatoms. The van der Waals surface area contributed by atoms with Crippen molar-refractivity contribution in [3.8, 4) is 5.75 Å². The fourth-order valence-electron chi connectivity index (χ4n) is 4.55. The first-order valence-electron chi connectivity index (χ1n) is 17.1. The third-order valence-corrected chi connectivity index (χ3v) is 9.02. The van der Waals surface area contributed by atoms with Gasteiger partial charge in [-0.05, 0) is 98.9 Å². The Bertz CT molecular complexity index is 1420. The summed E-state index contributed by atoms with van der Waals surface area (Å²) in [4.78, 5) is 23.7. The topological polar surface area (TPSA) is 75.6 Å². The van der Waals surface area contributed by atoms with E-state index < -0.39 is 12.0 Å². The van der Waals surface area contributed by atoms with Crippen LogP contribution in [0.4, 0.5) is 0 Å². The van der Waals surface area contributed by atoms with Crippen LogP contribution in [0.1, 0.15) is 86.6 Å². The molecule has 0 aliphatic heterocycles. The monoisotopic (exact) mass is 693 g/mol. The number of rotatable bonds is 11. The zero-order chi connectivity index (χ0) is 35.9. The van der Waals surface area contributed by atoms with Crippen LogP contribution in [-0.4, -0.2) is 41.3 Å². The van der Waals surface area contributed by atoms with E-state index in [1.807, 2.05) is 52.8 Å². The van der Waals surface area contributed by atoms with Gasteiger partial charge in [-0.3, -0.25) is 9.59 Å². The Morgan fingerprint density at radius 1 is 0.938 bits per heavy atom. The summed E-state index contributed by atoms with van der Waals surface area (Å²) < 4.78 is 5.79. The molecule has 3 aliphatic rings. The van der Waals surface area contributed by atoms with Crippen molar-refractivity contribution in [3.63, 3.8) is 0 Å². The van der Waals surface area contributed by atoms with Gasteiger partial charge in [0.05, 0.1) is 5.75 Å². The van der Waals surface area contributed by atoms with Gasteiger partial charge in [-0.1, -0.05) is 107 Å². The number of allylic oxidation sites excluding steroid dienone is 13. The maximum absolute atomic E-state index is 11.9. The smallest absolute Gasteiger partial charge is 0.325 e. The van der Waals surface area contributed by atoms with Crippen molar-refractivity contribution in [1.82, 2.24) is 5.32 Å². The number of nitrogens with one attached hydrogen (secondary N) is 1. The molecule has 0 aromatic heterocycles. The highest BCUT2D eigenvalue weighted by molar-refractivity contribution is 8.03. The minimum atomic E-state index is -1.03. The zero-order valence-corrected chi connectivity index (χ0v) is 31.8. The number of ether oxygens (including phenoxy) is 1. The summed E-state index contributed by atoms with van der Waals surface area (Å²) in [6.45, 7) is 16.4. The van der Waals surface area contributed by atoms with Crippen LogP contribution in [0.2, 0.25) is 0 Å². The molecule has 2 N–H and O–H groups in total. The number of aliphatic carboxylic acids is 1. The van der Waals surface area contributed by atoms with E-state index in [2.05, 4.69) is 79.9 Å². The van der Waals surface area contributed by atoms with E-state index >= 15 is 0 Å². The number of carboxylic acids is 1. The number of carbonyl (C=O) groups is 2. The van der Waals surface area contributed by atoms with E-state index in [-0.39, 0.29) is 11.7 Å². The molecule has 3 aliphatic carbocycles. The first-order valence-corrected chi connectivity index (χ1v) is 18.6. The number of amides is 1. The lowest BCUT2D eigenvalue weighted by molar-refractivity contribution is -0.140. The van der Waals surface area contributed by atoms with Gasteiger partial charge in [0.2, 0.25) is 5.91 Å². The quantitative estimate of drug-likeness (QED) is 0.226. The second-order valence-corrected chi connectivity index (χ2v) is 12.2.